The molecular weight excluding hydrogens is 353 g/mol. The van der Waals surface area contributed by atoms with Crippen LogP contribution < -0.4 is 0 Å². The topological polar surface area (TPSA) is 52.1 Å². The normalized spacial score (nSPS) is 13.6. The Morgan fingerprint density at radius 3 is 2.45 bits per heavy atom. The molecule has 2 rings (SSSR count). The zero-order valence-electron chi connectivity index (χ0n) is 12.0. The van der Waals surface area contributed by atoms with Crippen molar-refractivity contribution in [3.8, 4) is 0 Å². The van der Waals surface area contributed by atoms with Crippen molar-refractivity contribution in [3.63, 3.8) is 0 Å². The second-order valence-corrected chi connectivity index (χ2v) is 4.55. The number of nitrogens with zero attached hydrogens (tertiary/aromatic N) is 2. The van der Waals surface area contributed by atoms with Crippen molar-refractivity contribution in [3.05, 3.63) is 29.2 Å². The van der Waals surface area contributed by atoms with Crippen molar-refractivity contribution in [2.24, 2.45) is 0 Å². The fraction of sp³-hybridized carbons (Fsp3) is 0.571. The van der Waals surface area contributed by atoms with E-state index >= 15 is 0 Å². The molecule has 20 heavy (non-hydrogen) atoms. The van der Waals surface area contributed by atoms with Crippen LogP contribution in [0.25, 0.3) is 0 Å². The predicted octanol–water partition coefficient (Wildman–Crippen LogP) is 3.43. The summed E-state index contributed by atoms with van der Waals surface area (Å²) < 4.78 is 4.48. The van der Waals surface area contributed by atoms with E-state index in [1.807, 2.05) is 6.92 Å². The molecule has 1 fully saturated rings. The van der Waals surface area contributed by atoms with Gasteiger partial charge in [-0.1, -0.05) is 26.2 Å². The van der Waals surface area contributed by atoms with Crippen LogP contribution in [0, 0.1) is 12.6 Å². The van der Waals surface area contributed by atoms with Crippen molar-refractivity contribution >= 4 is 17.6 Å². The Morgan fingerprint density at radius 1 is 1.40 bits per heavy atom. The van der Waals surface area contributed by atoms with E-state index in [-0.39, 0.29) is 43.6 Å². The minimum absolute atomic E-state index is 0. The average Bonchev–Trinajstić information content (AvgIpc) is 2.49. The minimum atomic E-state index is -0.582. The molecule has 0 bridgehead atoms. The summed E-state index contributed by atoms with van der Waals surface area (Å²) in [4.78, 5) is 18.7. The molecule has 0 spiro atoms. The van der Waals surface area contributed by atoms with Crippen LogP contribution in [-0.2, 0) is 43.9 Å². The number of methoxy groups -OCH3 is 1. The summed E-state index contributed by atoms with van der Waals surface area (Å²) >= 11 is 5.62. The third-order valence-corrected chi connectivity index (χ3v) is 3.02. The molecule has 1 saturated carbocycles. The number of carbonyl (C=O) groups excluding carboxylic acids is 1. The van der Waals surface area contributed by atoms with Crippen molar-refractivity contribution in [2.75, 3.05) is 7.11 Å². The maximum absolute atomic E-state index is 11.1. The van der Waals surface area contributed by atoms with E-state index in [0.717, 1.165) is 0 Å². The third-order valence-electron chi connectivity index (χ3n) is 2.76. The van der Waals surface area contributed by atoms with Crippen LogP contribution in [0.3, 0.4) is 0 Å². The molecule has 1 radical (unpaired) electrons. The number of aryl methyl sites for hydroxylation is 1. The van der Waals surface area contributed by atoms with E-state index in [9.17, 15) is 4.79 Å². The second kappa shape index (κ2) is 11.6. The largest absolute Gasteiger partial charge is 0.465 e. The number of rotatable bonds is 2. The summed E-state index contributed by atoms with van der Waals surface area (Å²) in [5, 5.41) is 0.0176. The van der Waals surface area contributed by atoms with Crippen molar-refractivity contribution < 1.29 is 42.2 Å². The number of hydrogen-bond donors (Lipinski definition) is 0. The zero-order chi connectivity index (χ0) is 14.1. The van der Waals surface area contributed by atoms with Crippen LogP contribution in [0.5, 0.6) is 0 Å². The third kappa shape index (κ3) is 7.10. The van der Waals surface area contributed by atoms with Gasteiger partial charge in [-0.15, -0.1) is 6.20 Å². The maximum Gasteiger partial charge on any atom is 0.341 e. The summed E-state index contributed by atoms with van der Waals surface area (Å²) in [6.07, 6.45) is 12.8. The van der Waals surface area contributed by atoms with Crippen LogP contribution in [-0.4, -0.2) is 23.0 Å². The molecule has 4 nitrogen and oxygen atoms in total. The standard InChI is InChI=1S/C8H8ClN2O2.C6H11.Y/c1-3-5-4-10-7(9)6(11-5)8(12)13-2;1-2-4-6-5-3-1;/h3H2,1-2H3;1H,2-6H2;/q2*-1;. The van der Waals surface area contributed by atoms with Crippen molar-refractivity contribution in [2.45, 2.75) is 45.4 Å². The molecule has 1 heterocycles. The molecule has 6 heteroatoms. The SMILES string of the molecule is CCc1[c-]nc(Cl)c(C(=O)OC)n1.[CH-]1CCCCC1.[Y]. The molecule has 1 aromatic rings. The molecule has 0 atom stereocenters. The van der Waals surface area contributed by atoms with Gasteiger partial charge >= 0.3 is 5.97 Å². The van der Waals surface area contributed by atoms with Gasteiger partial charge in [-0.25, -0.2) is 4.79 Å². The van der Waals surface area contributed by atoms with Gasteiger partial charge < -0.3 is 16.1 Å². The van der Waals surface area contributed by atoms with Gasteiger partial charge in [0.25, 0.3) is 0 Å². The van der Waals surface area contributed by atoms with E-state index in [1.54, 1.807) is 0 Å². The van der Waals surface area contributed by atoms with Crippen molar-refractivity contribution in [1.29, 1.82) is 0 Å². The van der Waals surface area contributed by atoms with E-state index in [4.69, 9.17) is 11.6 Å². The Balaban J connectivity index is 0.000000434. The van der Waals surface area contributed by atoms with Crippen LogP contribution in [0.15, 0.2) is 0 Å². The minimum Gasteiger partial charge on any atom is -0.465 e. The van der Waals surface area contributed by atoms with E-state index in [1.165, 1.54) is 39.2 Å². The summed E-state index contributed by atoms with van der Waals surface area (Å²) in [6, 6.07) is 0. The fourth-order valence-corrected chi connectivity index (χ4v) is 1.82. The number of carbonyl (C=O) groups is 1. The molecule has 0 saturated heterocycles. The Bertz CT molecular complexity index is 401. The summed E-state index contributed by atoms with van der Waals surface area (Å²) in [6.45, 7) is 1.88. The predicted molar refractivity (Wildman–Crippen MR) is 74.0 cm³/mol. The first kappa shape index (κ1) is 19.9. The van der Waals surface area contributed by atoms with Crippen LogP contribution in [0.4, 0.5) is 0 Å². The molecule has 1 aromatic heterocycles. The van der Waals surface area contributed by atoms with Gasteiger partial charge in [-0.05, 0) is 12.1 Å². The van der Waals surface area contributed by atoms with Gasteiger partial charge in [0.15, 0.2) is 0 Å². The molecule has 0 amide bonds. The molecular formula is C14H19ClN2O2Y-2. The molecule has 0 N–H and O–H groups in total. The first-order valence-corrected chi connectivity index (χ1v) is 6.91. The zero-order valence-corrected chi connectivity index (χ0v) is 15.6. The second-order valence-electron chi connectivity index (χ2n) is 4.19. The smallest absolute Gasteiger partial charge is 0.341 e. The number of esters is 1. The summed E-state index contributed by atoms with van der Waals surface area (Å²) in [5.74, 6) is -0.582. The molecule has 0 unspecified atom stereocenters. The number of aromatic nitrogens is 2. The first-order valence-electron chi connectivity index (χ1n) is 6.53. The molecule has 0 aromatic carbocycles. The first-order chi connectivity index (χ1) is 9.19. The average molecular weight is 372 g/mol. The summed E-state index contributed by atoms with van der Waals surface area (Å²) in [5.41, 5.74) is 0.629. The Hall–Kier alpha value is -0.0561. The van der Waals surface area contributed by atoms with Gasteiger partial charge in [0.2, 0.25) is 0 Å². The maximum atomic E-state index is 11.1. The molecule has 1 aliphatic carbocycles. The Kier molecular flexibility index (Phi) is 11.6. The molecule has 0 aliphatic heterocycles. The quantitative estimate of drug-likeness (QED) is 0.590. The fourth-order valence-electron chi connectivity index (χ4n) is 1.66. The van der Waals surface area contributed by atoms with Crippen LogP contribution >= 0.6 is 11.6 Å². The van der Waals surface area contributed by atoms with Crippen molar-refractivity contribution in [1.82, 2.24) is 9.97 Å². The Morgan fingerprint density at radius 2 is 2.05 bits per heavy atom. The van der Waals surface area contributed by atoms with Gasteiger partial charge in [-0.3, -0.25) is 4.98 Å². The van der Waals surface area contributed by atoms with Gasteiger partial charge in [0, 0.05) is 37.9 Å². The molecule has 109 valence electrons. The van der Waals surface area contributed by atoms with Gasteiger partial charge in [0.05, 0.1) is 7.11 Å². The molecule has 1 aliphatic rings. The number of halogens is 1. The van der Waals surface area contributed by atoms with E-state index < -0.39 is 5.97 Å². The van der Waals surface area contributed by atoms with Gasteiger partial charge in [0.1, 0.15) is 5.69 Å². The van der Waals surface area contributed by atoms with Crippen LogP contribution in [0.2, 0.25) is 5.15 Å². The monoisotopic (exact) mass is 371 g/mol. The van der Waals surface area contributed by atoms with Crippen LogP contribution in [0.1, 0.15) is 55.2 Å². The van der Waals surface area contributed by atoms with E-state index in [0.29, 0.717) is 12.1 Å². The number of hydrogen-bond acceptors (Lipinski definition) is 4. The van der Waals surface area contributed by atoms with Gasteiger partial charge in [-0.2, -0.15) is 24.4 Å². The Labute approximate surface area is 150 Å². The number of ether oxygens (including phenoxy) is 1. The van der Waals surface area contributed by atoms with E-state index in [2.05, 4.69) is 27.3 Å². The summed E-state index contributed by atoms with van der Waals surface area (Å²) in [7, 11) is 1.27.